The molecule has 108 valence electrons. The van der Waals surface area contributed by atoms with Crippen molar-refractivity contribution in [3.8, 4) is 0 Å². The number of nitrogens with zero attached hydrogens (tertiary/aromatic N) is 2. The van der Waals surface area contributed by atoms with Crippen molar-refractivity contribution in [2.24, 2.45) is 5.92 Å². The average Bonchev–Trinajstić information content (AvgIpc) is 3.11. The molecule has 1 N–H and O–H groups in total. The summed E-state index contributed by atoms with van der Waals surface area (Å²) in [6.45, 7) is 2.44. The molecule has 5 heteroatoms. The van der Waals surface area contributed by atoms with E-state index in [0.717, 1.165) is 32.1 Å². The van der Waals surface area contributed by atoms with Crippen molar-refractivity contribution < 1.29 is 9.18 Å². The van der Waals surface area contributed by atoms with Crippen LogP contribution in [0.15, 0.2) is 18.5 Å². The summed E-state index contributed by atoms with van der Waals surface area (Å²) in [6, 6.07) is 1.82. The number of hydrogen-bond donors (Lipinski definition) is 1. The molecule has 1 saturated heterocycles. The van der Waals surface area contributed by atoms with Gasteiger partial charge in [0.05, 0.1) is 11.8 Å². The van der Waals surface area contributed by atoms with Gasteiger partial charge in [0.2, 0.25) is 0 Å². The van der Waals surface area contributed by atoms with E-state index in [2.05, 4.69) is 10.3 Å². The maximum Gasteiger partial charge on any atom is 0.257 e. The van der Waals surface area contributed by atoms with E-state index < -0.39 is 5.82 Å². The summed E-state index contributed by atoms with van der Waals surface area (Å²) in [5.41, 5.74) is 0.138. The van der Waals surface area contributed by atoms with Crippen molar-refractivity contribution >= 4 is 5.91 Å². The summed E-state index contributed by atoms with van der Waals surface area (Å²) in [5.74, 6) is -0.131. The van der Waals surface area contributed by atoms with Gasteiger partial charge in [-0.15, -0.1) is 0 Å². The van der Waals surface area contributed by atoms with Crippen LogP contribution < -0.4 is 5.32 Å². The summed E-state index contributed by atoms with van der Waals surface area (Å²) in [6.07, 6.45) is 7.18. The Hall–Kier alpha value is -1.49. The molecule has 1 aliphatic heterocycles. The van der Waals surface area contributed by atoms with Crippen LogP contribution >= 0.6 is 0 Å². The first kappa shape index (κ1) is 13.5. The first-order valence-electron chi connectivity index (χ1n) is 7.36. The Bertz CT molecular complexity index is 484. The lowest BCUT2D eigenvalue weighted by Gasteiger charge is -2.26. The van der Waals surface area contributed by atoms with Gasteiger partial charge >= 0.3 is 0 Å². The molecule has 1 saturated carbocycles. The summed E-state index contributed by atoms with van der Waals surface area (Å²) >= 11 is 0. The fourth-order valence-electron chi connectivity index (χ4n) is 2.75. The summed E-state index contributed by atoms with van der Waals surface area (Å²) < 4.78 is 13.7. The Morgan fingerprint density at radius 1 is 1.40 bits per heavy atom. The number of rotatable bonds is 5. The third-order valence-corrected chi connectivity index (χ3v) is 4.07. The Kier molecular flexibility index (Phi) is 3.96. The second-order valence-corrected chi connectivity index (χ2v) is 5.80. The van der Waals surface area contributed by atoms with Gasteiger partial charge in [-0.1, -0.05) is 0 Å². The van der Waals surface area contributed by atoms with E-state index in [4.69, 9.17) is 0 Å². The van der Waals surface area contributed by atoms with E-state index in [1.807, 2.05) is 4.90 Å². The van der Waals surface area contributed by atoms with Crippen LogP contribution in [0.5, 0.6) is 0 Å². The lowest BCUT2D eigenvalue weighted by molar-refractivity contribution is 0.0728. The maximum absolute atomic E-state index is 13.7. The third-order valence-electron chi connectivity index (χ3n) is 4.07. The van der Waals surface area contributed by atoms with Gasteiger partial charge in [-0.05, 0) is 44.2 Å². The van der Waals surface area contributed by atoms with Crippen LogP contribution in [-0.4, -0.2) is 41.5 Å². The highest BCUT2D eigenvalue weighted by molar-refractivity contribution is 5.94. The molecule has 1 atom stereocenters. The highest BCUT2D eigenvalue weighted by atomic mass is 19.1. The lowest BCUT2D eigenvalue weighted by Crippen LogP contribution is -2.42. The zero-order valence-corrected chi connectivity index (χ0v) is 11.5. The molecule has 0 aromatic carbocycles. The van der Waals surface area contributed by atoms with Gasteiger partial charge in [0.25, 0.3) is 5.91 Å². The van der Waals surface area contributed by atoms with Gasteiger partial charge < -0.3 is 10.2 Å². The predicted molar refractivity (Wildman–Crippen MR) is 73.8 cm³/mol. The van der Waals surface area contributed by atoms with Gasteiger partial charge in [-0.3, -0.25) is 9.78 Å². The predicted octanol–water partition coefficient (Wildman–Crippen LogP) is 1.82. The Morgan fingerprint density at radius 3 is 2.90 bits per heavy atom. The fourth-order valence-corrected chi connectivity index (χ4v) is 2.75. The molecule has 2 aliphatic rings. The minimum Gasteiger partial charge on any atom is -0.337 e. The molecule has 1 aliphatic carbocycles. The monoisotopic (exact) mass is 277 g/mol. The first-order chi connectivity index (χ1) is 9.74. The van der Waals surface area contributed by atoms with Crippen LogP contribution in [0.1, 0.15) is 36.0 Å². The van der Waals surface area contributed by atoms with Crippen molar-refractivity contribution in [1.82, 2.24) is 15.2 Å². The number of aromatic nitrogens is 1. The van der Waals surface area contributed by atoms with Crippen LogP contribution in [0.2, 0.25) is 0 Å². The van der Waals surface area contributed by atoms with Crippen LogP contribution in [0.3, 0.4) is 0 Å². The molecular weight excluding hydrogens is 257 g/mol. The minimum atomic E-state index is -0.530. The van der Waals surface area contributed by atoms with Gasteiger partial charge in [0, 0.05) is 25.3 Å². The molecular formula is C15H20FN3O. The van der Waals surface area contributed by atoms with E-state index in [1.165, 1.54) is 25.1 Å². The van der Waals surface area contributed by atoms with Crippen molar-refractivity contribution in [3.05, 3.63) is 29.8 Å². The Morgan fingerprint density at radius 2 is 2.25 bits per heavy atom. The molecule has 1 amide bonds. The smallest absolute Gasteiger partial charge is 0.257 e. The number of pyridine rings is 1. The second kappa shape index (κ2) is 5.87. The van der Waals surface area contributed by atoms with E-state index in [-0.39, 0.29) is 11.5 Å². The van der Waals surface area contributed by atoms with Gasteiger partial charge in [0.15, 0.2) is 5.82 Å². The van der Waals surface area contributed by atoms with E-state index in [0.29, 0.717) is 18.5 Å². The van der Waals surface area contributed by atoms with Gasteiger partial charge in [0.1, 0.15) is 0 Å². The number of amides is 1. The molecule has 4 nitrogen and oxygen atoms in total. The van der Waals surface area contributed by atoms with Crippen molar-refractivity contribution in [2.45, 2.75) is 31.7 Å². The van der Waals surface area contributed by atoms with Crippen LogP contribution in [-0.2, 0) is 0 Å². The zero-order chi connectivity index (χ0) is 13.9. The molecule has 0 bridgehead atoms. The van der Waals surface area contributed by atoms with Crippen molar-refractivity contribution in [3.63, 3.8) is 0 Å². The highest BCUT2D eigenvalue weighted by Gasteiger charge is 2.30. The molecule has 2 fully saturated rings. The summed E-state index contributed by atoms with van der Waals surface area (Å²) in [4.78, 5) is 18.1. The van der Waals surface area contributed by atoms with E-state index in [9.17, 15) is 9.18 Å². The molecule has 1 unspecified atom stereocenters. The second-order valence-electron chi connectivity index (χ2n) is 5.80. The van der Waals surface area contributed by atoms with E-state index in [1.54, 1.807) is 0 Å². The largest absolute Gasteiger partial charge is 0.337 e. The van der Waals surface area contributed by atoms with Crippen LogP contribution in [0.4, 0.5) is 4.39 Å². The lowest BCUT2D eigenvalue weighted by atomic mass is 10.1. The first-order valence-corrected chi connectivity index (χ1v) is 7.36. The molecule has 20 heavy (non-hydrogen) atoms. The van der Waals surface area contributed by atoms with Gasteiger partial charge in [-0.2, -0.15) is 0 Å². The Balaban J connectivity index is 1.73. The molecule has 1 aromatic rings. The third kappa shape index (κ3) is 3.15. The number of nitrogens with one attached hydrogen (secondary N) is 1. The Labute approximate surface area is 118 Å². The fraction of sp³-hybridized carbons (Fsp3) is 0.600. The summed E-state index contributed by atoms with van der Waals surface area (Å²) in [7, 11) is 0. The van der Waals surface area contributed by atoms with Crippen LogP contribution in [0, 0.1) is 11.7 Å². The van der Waals surface area contributed by atoms with Crippen molar-refractivity contribution in [2.75, 3.05) is 19.6 Å². The molecule has 3 rings (SSSR count). The highest BCUT2D eigenvalue weighted by Crippen LogP contribution is 2.30. The van der Waals surface area contributed by atoms with Gasteiger partial charge in [-0.25, -0.2) is 4.39 Å². The quantitative estimate of drug-likeness (QED) is 0.893. The van der Waals surface area contributed by atoms with Crippen LogP contribution in [0.25, 0.3) is 0 Å². The number of carbonyl (C=O) groups excluding carboxylic acids is 1. The summed E-state index contributed by atoms with van der Waals surface area (Å²) in [5, 5.41) is 3.40. The zero-order valence-electron chi connectivity index (χ0n) is 11.5. The SMILES string of the molecule is O=C(c1ccncc1F)N(CC1CC1)CC1CCCN1. The normalized spacial score (nSPS) is 21.9. The van der Waals surface area contributed by atoms with Crippen molar-refractivity contribution in [1.29, 1.82) is 0 Å². The number of hydrogen-bond acceptors (Lipinski definition) is 3. The molecule has 0 spiro atoms. The molecule has 0 radical (unpaired) electrons. The number of halogens is 1. The average molecular weight is 277 g/mol. The molecule has 2 heterocycles. The topological polar surface area (TPSA) is 45.2 Å². The van der Waals surface area contributed by atoms with E-state index >= 15 is 0 Å². The molecule has 1 aromatic heterocycles. The minimum absolute atomic E-state index is 0.138. The number of carbonyl (C=O) groups is 1. The maximum atomic E-state index is 13.7. The standard InChI is InChI=1S/C15H20FN3O/c16-14-8-17-7-5-13(14)15(20)19(9-11-3-4-11)10-12-2-1-6-18-12/h5,7-8,11-12,18H,1-4,6,9-10H2.